The number of piperidine rings is 1. The molecule has 0 amide bonds. The lowest BCUT2D eigenvalue weighted by atomic mass is 9.66. The Morgan fingerprint density at radius 3 is 2.76 bits per heavy atom. The maximum atomic E-state index is 3.92. The standard InChI is InChI=1S/C16H23N/c1-4-8-15-13-17(3)12-11-16(15,2)14-9-6-5-7-10-14/h4-7,9-10,15H,1,8,11-13H2,2-3H3. The quantitative estimate of drug-likeness (QED) is 0.717. The average Bonchev–Trinajstić information content (AvgIpc) is 2.35. The van der Waals surface area contributed by atoms with Crippen molar-refractivity contribution in [3.8, 4) is 0 Å². The van der Waals surface area contributed by atoms with Gasteiger partial charge in [0.2, 0.25) is 0 Å². The number of allylic oxidation sites excluding steroid dienone is 1. The van der Waals surface area contributed by atoms with Gasteiger partial charge in [-0.05, 0) is 43.3 Å². The molecule has 0 spiro atoms. The molecule has 0 radical (unpaired) electrons. The van der Waals surface area contributed by atoms with E-state index in [2.05, 4.69) is 61.9 Å². The van der Waals surface area contributed by atoms with Crippen LogP contribution in [0.15, 0.2) is 43.0 Å². The number of nitrogens with zero attached hydrogens (tertiary/aromatic N) is 1. The van der Waals surface area contributed by atoms with Crippen LogP contribution in [-0.2, 0) is 5.41 Å². The maximum Gasteiger partial charge on any atom is 0.00180 e. The number of rotatable bonds is 3. The van der Waals surface area contributed by atoms with Crippen molar-refractivity contribution in [2.24, 2.45) is 5.92 Å². The highest BCUT2D eigenvalue weighted by Crippen LogP contribution is 2.40. The normalized spacial score (nSPS) is 30.1. The van der Waals surface area contributed by atoms with Crippen LogP contribution < -0.4 is 0 Å². The zero-order valence-corrected chi connectivity index (χ0v) is 11.0. The fourth-order valence-electron chi connectivity index (χ4n) is 3.03. The largest absolute Gasteiger partial charge is 0.306 e. The molecule has 1 aromatic carbocycles. The van der Waals surface area contributed by atoms with Crippen molar-refractivity contribution in [3.05, 3.63) is 48.6 Å². The predicted molar refractivity (Wildman–Crippen MR) is 74.2 cm³/mol. The Morgan fingerprint density at radius 2 is 2.12 bits per heavy atom. The molecule has 2 rings (SSSR count). The molecular formula is C16H23N. The van der Waals surface area contributed by atoms with Gasteiger partial charge in [-0.25, -0.2) is 0 Å². The molecule has 1 aromatic rings. The Kier molecular flexibility index (Phi) is 3.68. The van der Waals surface area contributed by atoms with E-state index < -0.39 is 0 Å². The highest BCUT2D eigenvalue weighted by molar-refractivity contribution is 5.27. The van der Waals surface area contributed by atoms with Crippen LogP contribution in [0.25, 0.3) is 0 Å². The molecule has 17 heavy (non-hydrogen) atoms. The van der Waals surface area contributed by atoms with Gasteiger partial charge in [-0.15, -0.1) is 6.58 Å². The molecule has 2 unspecified atom stereocenters. The summed E-state index contributed by atoms with van der Waals surface area (Å²) in [5, 5.41) is 0. The fourth-order valence-corrected chi connectivity index (χ4v) is 3.03. The van der Waals surface area contributed by atoms with E-state index in [9.17, 15) is 0 Å². The topological polar surface area (TPSA) is 3.24 Å². The molecule has 1 aliphatic rings. The van der Waals surface area contributed by atoms with Gasteiger partial charge in [0.15, 0.2) is 0 Å². The van der Waals surface area contributed by atoms with E-state index in [0.29, 0.717) is 11.3 Å². The Hall–Kier alpha value is -1.08. The van der Waals surface area contributed by atoms with Crippen molar-refractivity contribution in [1.82, 2.24) is 4.90 Å². The van der Waals surface area contributed by atoms with Crippen molar-refractivity contribution >= 4 is 0 Å². The van der Waals surface area contributed by atoms with Crippen LogP contribution in [0.3, 0.4) is 0 Å². The lowest BCUT2D eigenvalue weighted by Gasteiger charge is -2.45. The highest BCUT2D eigenvalue weighted by atomic mass is 15.1. The first-order valence-corrected chi connectivity index (χ1v) is 6.52. The minimum atomic E-state index is 0.307. The van der Waals surface area contributed by atoms with Gasteiger partial charge in [0, 0.05) is 6.54 Å². The van der Waals surface area contributed by atoms with Gasteiger partial charge >= 0.3 is 0 Å². The first-order chi connectivity index (χ1) is 8.16. The lowest BCUT2D eigenvalue weighted by molar-refractivity contribution is 0.123. The van der Waals surface area contributed by atoms with Crippen LogP contribution in [0, 0.1) is 5.92 Å². The van der Waals surface area contributed by atoms with Crippen LogP contribution in [0.4, 0.5) is 0 Å². The van der Waals surface area contributed by atoms with E-state index in [1.54, 1.807) is 0 Å². The minimum absolute atomic E-state index is 0.307. The third kappa shape index (κ3) is 2.44. The van der Waals surface area contributed by atoms with E-state index in [1.807, 2.05) is 0 Å². The molecular weight excluding hydrogens is 206 g/mol. The molecule has 1 heterocycles. The summed E-state index contributed by atoms with van der Waals surface area (Å²) >= 11 is 0. The second-order valence-corrected chi connectivity index (χ2v) is 5.52. The Morgan fingerprint density at radius 1 is 1.41 bits per heavy atom. The second kappa shape index (κ2) is 5.05. The van der Waals surface area contributed by atoms with Crippen LogP contribution in [0.1, 0.15) is 25.3 Å². The predicted octanol–water partition coefficient (Wildman–Crippen LogP) is 3.47. The van der Waals surface area contributed by atoms with E-state index in [-0.39, 0.29) is 0 Å². The summed E-state index contributed by atoms with van der Waals surface area (Å²) < 4.78 is 0. The summed E-state index contributed by atoms with van der Waals surface area (Å²) in [6.07, 6.45) is 4.42. The summed E-state index contributed by atoms with van der Waals surface area (Å²) in [6.45, 7) is 8.71. The Labute approximate surface area is 105 Å². The second-order valence-electron chi connectivity index (χ2n) is 5.52. The number of benzene rings is 1. The van der Waals surface area contributed by atoms with Gasteiger partial charge in [-0.3, -0.25) is 0 Å². The first-order valence-electron chi connectivity index (χ1n) is 6.52. The first kappa shape index (κ1) is 12.4. The lowest BCUT2D eigenvalue weighted by Crippen LogP contribution is -2.46. The Balaban J connectivity index is 2.29. The van der Waals surface area contributed by atoms with E-state index >= 15 is 0 Å². The number of hydrogen-bond acceptors (Lipinski definition) is 1. The van der Waals surface area contributed by atoms with E-state index in [1.165, 1.54) is 25.1 Å². The molecule has 1 aliphatic heterocycles. The van der Waals surface area contributed by atoms with Crippen molar-refractivity contribution in [1.29, 1.82) is 0 Å². The van der Waals surface area contributed by atoms with Crippen molar-refractivity contribution < 1.29 is 0 Å². The minimum Gasteiger partial charge on any atom is -0.306 e. The zero-order valence-electron chi connectivity index (χ0n) is 11.0. The maximum absolute atomic E-state index is 3.92. The highest BCUT2D eigenvalue weighted by Gasteiger charge is 2.38. The fraction of sp³-hybridized carbons (Fsp3) is 0.500. The molecule has 0 aromatic heterocycles. The van der Waals surface area contributed by atoms with Gasteiger partial charge in [0.1, 0.15) is 0 Å². The van der Waals surface area contributed by atoms with Crippen LogP contribution in [0.2, 0.25) is 0 Å². The number of hydrogen-bond donors (Lipinski definition) is 0. The molecule has 1 saturated heterocycles. The summed E-state index contributed by atoms with van der Waals surface area (Å²) in [4.78, 5) is 2.44. The van der Waals surface area contributed by atoms with Crippen molar-refractivity contribution in [2.75, 3.05) is 20.1 Å². The zero-order chi connectivity index (χ0) is 12.3. The third-order valence-electron chi connectivity index (χ3n) is 4.33. The average molecular weight is 229 g/mol. The molecule has 1 fully saturated rings. The van der Waals surface area contributed by atoms with Gasteiger partial charge in [-0.1, -0.05) is 43.3 Å². The van der Waals surface area contributed by atoms with Gasteiger partial charge in [0.05, 0.1) is 0 Å². The summed E-state index contributed by atoms with van der Waals surface area (Å²) in [5.74, 6) is 0.682. The molecule has 2 atom stereocenters. The van der Waals surface area contributed by atoms with Gasteiger partial charge < -0.3 is 4.90 Å². The summed E-state index contributed by atoms with van der Waals surface area (Å²) in [5.41, 5.74) is 1.79. The van der Waals surface area contributed by atoms with Crippen LogP contribution >= 0.6 is 0 Å². The summed E-state index contributed by atoms with van der Waals surface area (Å²) in [6, 6.07) is 11.0. The van der Waals surface area contributed by atoms with Crippen LogP contribution in [-0.4, -0.2) is 25.0 Å². The molecule has 1 nitrogen and oxygen atoms in total. The van der Waals surface area contributed by atoms with E-state index in [4.69, 9.17) is 0 Å². The molecule has 92 valence electrons. The molecule has 0 aliphatic carbocycles. The molecule has 0 saturated carbocycles. The van der Waals surface area contributed by atoms with Gasteiger partial charge in [0.25, 0.3) is 0 Å². The SMILES string of the molecule is C=CCC1CN(C)CCC1(C)c1ccccc1. The van der Waals surface area contributed by atoms with E-state index in [0.717, 1.165) is 6.42 Å². The molecule has 1 heteroatoms. The van der Waals surface area contributed by atoms with Gasteiger partial charge in [-0.2, -0.15) is 0 Å². The Bertz CT molecular complexity index is 370. The third-order valence-corrected chi connectivity index (χ3v) is 4.33. The van der Waals surface area contributed by atoms with Crippen LogP contribution in [0.5, 0.6) is 0 Å². The van der Waals surface area contributed by atoms with Crippen molar-refractivity contribution in [3.63, 3.8) is 0 Å². The summed E-state index contributed by atoms with van der Waals surface area (Å²) in [7, 11) is 2.22. The molecule has 0 N–H and O–H groups in total. The molecule has 0 bridgehead atoms. The van der Waals surface area contributed by atoms with Crippen molar-refractivity contribution in [2.45, 2.75) is 25.2 Å². The smallest absolute Gasteiger partial charge is 0.00180 e. The number of likely N-dealkylation sites (tertiary alicyclic amines) is 1. The monoisotopic (exact) mass is 229 g/mol.